The Morgan fingerprint density at radius 3 is 3.06 bits per heavy atom. The number of rotatable bonds is 0. The number of ether oxygens (including phenoxy) is 1. The largest absolute Gasteiger partial charge is 0.370 e. The Bertz CT molecular complexity index is 472. The Kier molecular flexibility index (Phi) is 1.84. The lowest BCUT2D eigenvalue weighted by atomic mass is 9.69. The first-order chi connectivity index (χ1) is 8.22. The Morgan fingerprint density at radius 2 is 2.12 bits per heavy atom. The van der Waals surface area contributed by atoms with E-state index in [1.165, 1.54) is 11.1 Å². The van der Waals surface area contributed by atoms with E-state index in [-0.39, 0.29) is 17.3 Å². The molecule has 1 aromatic carbocycles. The summed E-state index contributed by atoms with van der Waals surface area (Å²) in [6, 6.07) is 8.40. The highest BCUT2D eigenvalue weighted by molar-refractivity contribution is 5.37. The zero-order chi connectivity index (χ0) is 11.5. The third kappa shape index (κ3) is 1.22. The Labute approximate surface area is 101 Å². The van der Waals surface area contributed by atoms with Crippen LogP contribution in [0.2, 0.25) is 0 Å². The van der Waals surface area contributed by atoms with E-state index >= 15 is 0 Å². The first-order valence-electron chi connectivity index (χ1n) is 6.29. The van der Waals surface area contributed by atoms with Gasteiger partial charge in [-0.3, -0.25) is 0 Å². The van der Waals surface area contributed by atoms with E-state index in [9.17, 15) is 0 Å². The van der Waals surface area contributed by atoms with Gasteiger partial charge in [0.2, 0.25) is 0 Å². The zero-order valence-corrected chi connectivity index (χ0v) is 9.94. The molecule has 2 aliphatic heterocycles. The molecule has 0 N–H and O–H groups in total. The van der Waals surface area contributed by atoms with Gasteiger partial charge in [-0.15, -0.1) is 0 Å². The lowest BCUT2D eigenvalue weighted by Crippen LogP contribution is -2.49. The fourth-order valence-electron chi connectivity index (χ4n) is 3.54. The SMILES string of the molecule is C[C@@]12CC[C@H]3OCc4ccccc4[C@]3(C1)OO2. The fourth-order valence-corrected chi connectivity index (χ4v) is 3.54. The second-order valence-corrected chi connectivity index (χ2v) is 5.68. The molecule has 1 spiro atoms. The summed E-state index contributed by atoms with van der Waals surface area (Å²) in [6.45, 7) is 2.83. The van der Waals surface area contributed by atoms with E-state index in [2.05, 4.69) is 31.2 Å². The average molecular weight is 232 g/mol. The summed E-state index contributed by atoms with van der Waals surface area (Å²) < 4.78 is 5.97. The maximum absolute atomic E-state index is 5.97. The van der Waals surface area contributed by atoms with Crippen LogP contribution in [0.3, 0.4) is 0 Å². The van der Waals surface area contributed by atoms with Crippen LogP contribution in [0.15, 0.2) is 24.3 Å². The van der Waals surface area contributed by atoms with Gasteiger partial charge in [-0.2, -0.15) is 0 Å². The van der Waals surface area contributed by atoms with Gasteiger partial charge in [0.25, 0.3) is 0 Å². The molecule has 0 radical (unpaired) electrons. The highest BCUT2D eigenvalue weighted by Gasteiger charge is 2.60. The van der Waals surface area contributed by atoms with Crippen LogP contribution in [0.4, 0.5) is 0 Å². The zero-order valence-electron chi connectivity index (χ0n) is 9.94. The van der Waals surface area contributed by atoms with Crippen molar-refractivity contribution >= 4 is 0 Å². The third-order valence-corrected chi connectivity index (χ3v) is 4.40. The van der Waals surface area contributed by atoms with Crippen molar-refractivity contribution in [2.24, 2.45) is 0 Å². The van der Waals surface area contributed by atoms with E-state index < -0.39 is 0 Å². The average Bonchev–Trinajstić information content (AvgIpc) is 2.62. The minimum absolute atomic E-state index is 0.135. The second kappa shape index (κ2) is 3.10. The second-order valence-electron chi connectivity index (χ2n) is 5.68. The van der Waals surface area contributed by atoms with Gasteiger partial charge in [0, 0.05) is 6.42 Å². The highest BCUT2D eigenvalue weighted by Crippen LogP contribution is 2.55. The van der Waals surface area contributed by atoms with Crippen molar-refractivity contribution < 1.29 is 14.5 Å². The summed E-state index contributed by atoms with van der Waals surface area (Å²) in [5.74, 6) is 0. The molecule has 3 heteroatoms. The monoisotopic (exact) mass is 232 g/mol. The molecule has 4 rings (SSSR count). The number of hydrogen-bond donors (Lipinski definition) is 0. The van der Waals surface area contributed by atoms with Gasteiger partial charge in [-0.1, -0.05) is 24.3 Å². The molecule has 1 saturated heterocycles. The summed E-state index contributed by atoms with van der Waals surface area (Å²) in [6.07, 6.45) is 3.08. The van der Waals surface area contributed by atoms with Crippen LogP contribution < -0.4 is 0 Å². The van der Waals surface area contributed by atoms with Crippen LogP contribution in [0.5, 0.6) is 0 Å². The van der Waals surface area contributed by atoms with Crippen molar-refractivity contribution in [3.63, 3.8) is 0 Å². The van der Waals surface area contributed by atoms with Crippen molar-refractivity contribution in [1.82, 2.24) is 0 Å². The summed E-state index contributed by atoms with van der Waals surface area (Å²) in [5, 5.41) is 0. The normalized spacial score (nSPS) is 43.0. The van der Waals surface area contributed by atoms with Crippen molar-refractivity contribution in [1.29, 1.82) is 0 Å². The standard InChI is InChI=1S/C14H16O3/c1-13-7-6-12-14(9-13,17-16-13)11-5-3-2-4-10(11)8-15-12/h2-5,12H,6-9H2,1H3/t12-,13-,14+/m1/s1. The molecule has 2 bridgehead atoms. The minimum atomic E-state index is -0.359. The van der Waals surface area contributed by atoms with Crippen molar-refractivity contribution in [2.75, 3.05) is 0 Å². The molecule has 3 nitrogen and oxygen atoms in total. The Balaban J connectivity index is 1.89. The summed E-state index contributed by atoms with van der Waals surface area (Å²) in [4.78, 5) is 11.4. The van der Waals surface area contributed by atoms with Crippen LogP contribution in [0, 0.1) is 0 Å². The third-order valence-electron chi connectivity index (χ3n) is 4.40. The first-order valence-corrected chi connectivity index (χ1v) is 6.29. The Hall–Kier alpha value is -0.900. The van der Waals surface area contributed by atoms with Gasteiger partial charge in [0.1, 0.15) is 5.60 Å². The molecule has 90 valence electrons. The number of benzene rings is 1. The fraction of sp³-hybridized carbons (Fsp3) is 0.571. The lowest BCUT2D eigenvalue weighted by Gasteiger charge is -2.43. The van der Waals surface area contributed by atoms with E-state index in [1.54, 1.807) is 0 Å². The molecule has 2 heterocycles. The van der Waals surface area contributed by atoms with Crippen molar-refractivity contribution in [3.05, 3.63) is 35.4 Å². The van der Waals surface area contributed by atoms with Crippen LogP contribution >= 0.6 is 0 Å². The lowest BCUT2D eigenvalue weighted by molar-refractivity contribution is -0.359. The summed E-state index contributed by atoms with van der Waals surface area (Å²) >= 11 is 0. The van der Waals surface area contributed by atoms with E-state index in [1.807, 2.05) is 0 Å². The predicted molar refractivity (Wildman–Crippen MR) is 61.1 cm³/mol. The molecule has 17 heavy (non-hydrogen) atoms. The van der Waals surface area contributed by atoms with E-state index in [0.29, 0.717) is 6.61 Å². The molecular formula is C14H16O3. The van der Waals surface area contributed by atoms with Gasteiger partial charge in [-0.25, -0.2) is 9.78 Å². The van der Waals surface area contributed by atoms with Crippen molar-refractivity contribution in [3.8, 4) is 0 Å². The molecular weight excluding hydrogens is 216 g/mol. The Morgan fingerprint density at radius 1 is 1.24 bits per heavy atom. The molecule has 3 atom stereocenters. The number of fused-ring (bicyclic) bond motifs is 2. The molecule has 2 fully saturated rings. The molecule has 1 aliphatic carbocycles. The molecule has 0 aromatic heterocycles. The molecule has 0 unspecified atom stereocenters. The maximum atomic E-state index is 5.97. The minimum Gasteiger partial charge on any atom is -0.370 e. The van der Waals surface area contributed by atoms with Crippen LogP contribution in [-0.4, -0.2) is 11.7 Å². The van der Waals surface area contributed by atoms with Gasteiger partial charge < -0.3 is 4.74 Å². The molecule has 3 aliphatic rings. The summed E-state index contributed by atoms with van der Waals surface area (Å²) in [5.41, 5.74) is 2.00. The topological polar surface area (TPSA) is 27.7 Å². The van der Waals surface area contributed by atoms with Crippen LogP contribution in [0.1, 0.15) is 37.3 Å². The van der Waals surface area contributed by atoms with Gasteiger partial charge >= 0.3 is 0 Å². The van der Waals surface area contributed by atoms with Crippen molar-refractivity contribution in [2.45, 2.75) is 50.1 Å². The van der Waals surface area contributed by atoms with E-state index in [0.717, 1.165) is 19.3 Å². The number of hydrogen-bond acceptors (Lipinski definition) is 3. The van der Waals surface area contributed by atoms with Crippen LogP contribution in [0.25, 0.3) is 0 Å². The smallest absolute Gasteiger partial charge is 0.158 e. The predicted octanol–water partition coefficient (Wildman–Crippen LogP) is 2.69. The molecule has 0 amide bonds. The van der Waals surface area contributed by atoms with E-state index in [4.69, 9.17) is 14.5 Å². The molecule has 1 aromatic rings. The molecule has 1 saturated carbocycles. The van der Waals surface area contributed by atoms with Gasteiger partial charge in [-0.05, 0) is 30.9 Å². The first kappa shape index (κ1) is 10.1. The quantitative estimate of drug-likeness (QED) is 0.644. The summed E-state index contributed by atoms with van der Waals surface area (Å²) in [7, 11) is 0. The highest BCUT2D eigenvalue weighted by atomic mass is 17.2. The van der Waals surface area contributed by atoms with Crippen LogP contribution in [-0.2, 0) is 26.7 Å². The van der Waals surface area contributed by atoms with Gasteiger partial charge in [0.15, 0.2) is 5.60 Å². The maximum Gasteiger partial charge on any atom is 0.158 e. The van der Waals surface area contributed by atoms with Gasteiger partial charge in [0.05, 0.1) is 12.7 Å².